The molecule has 0 bridgehead atoms. The lowest BCUT2D eigenvalue weighted by Crippen LogP contribution is -1.94. The molecule has 2 aromatic rings. The van der Waals surface area contributed by atoms with Gasteiger partial charge in [-0.2, -0.15) is 0 Å². The van der Waals surface area contributed by atoms with Crippen LogP contribution in [0.4, 0.5) is 0 Å². The Labute approximate surface area is 119 Å². The average molecular weight is 273 g/mol. The quantitative estimate of drug-likeness (QED) is 0.870. The highest BCUT2D eigenvalue weighted by atomic mass is 16.5. The van der Waals surface area contributed by atoms with Gasteiger partial charge in [0.05, 0.1) is 14.2 Å². The van der Waals surface area contributed by atoms with Gasteiger partial charge in [0, 0.05) is 12.1 Å². The van der Waals surface area contributed by atoms with Gasteiger partial charge in [-0.3, -0.25) is 4.79 Å². The van der Waals surface area contributed by atoms with Crippen molar-refractivity contribution in [2.24, 2.45) is 5.73 Å². The second-order valence-corrected chi connectivity index (χ2v) is 3.92. The number of aldehydes is 1. The van der Waals surface area contributed by atoms with Gasteiger partial charge >= 0.3 is 0 Å². The maximum atomic E-state index is 10.4. The summed E-state index contributed by atoms with van der Waals surface area (Å²) in [5.74, 6) is 1.20. The molecule has 0 heterocycles. The van der Waals surface area contributed by atoms with Gasteiger partial charge in [-0.15, -0.1) is 0 Å². The minimum absolute atomic E-state index is 0.571. The first-order chi connectivity index (χ1) is 9.74. The highest BCUT2D eigenvalue weighted by molar-refractivity contribution is 5.76. The van der Waals surface area contributed by atoms with Gasteiger partial charge in [-0.1, -0.05) is 30.3 Å². The number of carbonyl (C=O) groups is 1. The summed E-state index contributed by atoms with van der Waals surface area (Å²) in [4.78, 5) is 10.4. The predicted molar refractivity (Wildman–Crippen MR) is 79.3 cm³/mol. The van der Waals surface area contributed by atoms with E-state index in [1.807, 2.05) is 30.3 Å². The molecule has 0 aliphatic rings. The Morgan fingerprint density at radius 1 is 1.00 bits per heavy atom. The zero-order valence-electron chi connectivity index (χ0n) is 11.7. The topological polar surface area (TPSA) is 61.5 Å². The first-order valence-electron chi connectivity index (χ1n) is 6.16. The molecular formula is C16H19NO3. The van der Waals surface area contributed by atoms with Crippen molar-refractivity contribution in [2.45, 2.75) is 6.54 Å². The number of rotatable bonds is 4. The number of hydrogen-bond acceptors (Lipinski definition) is 4. The second-order valence-electron chi connectivity index (χ2n) is 3.92. The Morgan fingerprint density at radius 3 is 2.10 bits per heavy atom. The van der Waals surface area contributed by atoms with E-state index < -0.39 is 0 Å². The molecular weight excluding hydrogens is 254 g/mol. The number of hydrogen-bond donors (Lipinski definition) is 1. The van der Waals surface area contributed by atoms with Crippen molar-refractivity contribution >= 4 is 6.29 Å². The van der Waals surface area contributed by atoms with E-state index in [2.05, 4.69) is 0 Å². The molecule has 0 unspecified atom stereocenters. The molecule has 2 rings (SSSR count). The van der Waals surface area contributed by atoms with E-state index in [0.717, 1.165) is 6.29 Å². The third-order valence-electron chi connectivity index (χ3n) is 2.62. The molecule has 0 aromatic heterocycles. The number of methoxy groups -OCH3 is 2. The fourth-order valence-electron chi connectivity index (χ4n) is 1.54. The van der Waals surface area contributed by atoms with Crippen LogP contribution in [0.5, 0.6) is 11.5 Å². The van der Waals surface area contributed by atoms with Crippen molar-refractivity contribution in [3.8, 4) is 11.5 Å². The van der Waals surface area contributed by atoms with Crippen molar-refractivity contribution in [2.75, 3.05) is 14.2 Å². The molecule has 4 heteroatoms. The van der Waals surface area contributed by atoms with Crippen molar-refractivity contribution in [1.29, 1.82) is 0 Å². The fraction of sp³-hybridized carbons (Fsp3) is 0.188. The third kappa shape index (κ3) is 4.74. The molecule has 0 aliphatic carbocycles. The molecule has 0 aliphatic heterocycles. The molecule has 106 valence electrons. The molecule has 0 radical (unpaired) electrons. The van der Waals surface area contributed by atoms with Crippen LogP contribution in [0, 0.1) is 0 Å². The van der Waals surface area contributed by atoms with Gasteiger partial charge in [-0.05, 0) is 23.8 Å². The normalized spacial score (nSPS) is 9.15. The van der Waals surface area contributed by atoms with Gasteiger partial charge in [0.1, 0.15) is 6.29 Å². The standard InChI is InChI=1S/C9H10O3.C7H9N/c1-11-8-4-3-7(6-10)5-9(8)12-2;8-6-7-4-2-1-3-5-7/h3-6H,1-2H3;1-5H,6,8H2. The Hall–Kier alpha value is -2.33. The summed E-state index contributed by atoms with van der Waals surface area (Å²) in [5.41, 5.74) is 7.11. The van der Waals surface area contributed by atoms with E-state index in [4.69, 9.17) is 15.2 Å². The SMILES string of the molecule is COc1ccc(C=O)cc1OC.NCc1ccccc1. The first kappa shape index (κ1) is 15.7. The van der Waals surface area contributed by atoms with Crippen LogP contribution in [0.3, 0.4) is 0 Å². The van der Waals surface area contributed by atoms with Crippen LogP contribution in [-0.4, -0.2) is 20.5 Å². The molecule has 0 atom stereocenters. The van der Waals surface area contributed by atoms with Crippen LogP contribution < -0.4 is 15.2 Å². The Kier molecular flexibility index (Phi) is 6.85. The largest absolute Gasteiger partial charge is 0.493 e. The van der Waals surface area contributed by atoms with Gasteiger partial charge < -0.3 is 15.2 Å². The molecule has 2 aromatic carbocycles. The van der Waals surface area contributed by atoms with E-state index in [9.17, 15) is 4.79 Å². The maximum absolute atomic E-state index is 10.4. The zero-order valence-corrected chi connectivity index (χ0v) is 11.7. The molecule has 2 N–H and O–H groups in total. The molecule has 0 saturated heterocycles. The van der Waals surface area contributed by atoms with Crippen LogP contribution in [-0.2, 0) is 6.54 Å². The van der Waals surface area contributed by atoms with Crippen molar-refractivity contribution < 1.29 is 14.3 Å². The van der Waals surface area contributed by atoms with Crippen LogP contribution in [0.15, 0.2) is 48.5 Å². The lowest BCUT2D eigenvalue weighted by Gasteiger charge is -2.06. The van der Waals surface area contributed by atoms with Gasteiger partial charge in [0.25, 0.3) is 0 Å². The fourth-order valence-corrected chi connectivity index (χ4v) is 1.54. The second kappa shape index (κ2) is 8.72. The van der Waals surface area contributed by atoms with E-state index in [1.165, 1.54) is 12.7 Å². The summed E-state index contributed by atoms with van der Waals surface area (Å²) >= 11 is 0. The summed E-state index contributed by atoms with van der Waals surface area (Å²) in [6, 6.07) is 15.0. The average Bonchev–Trinajstić information content (AvgIpc) is 2.55. The van der Waals surface area contributed by atoms with Crippen LogP contribution >= 0.6 is 0 Å². The van der Waals surface area contributed by atoms with Crippen LogP contribution in [0.25, 0.3) is 0 Å². The lowest BCUT2D eigenvalue weighted by molar-refractivity contribution is 0.112. The summed E-state index contributed by atoms with van der Waals surface area (Å²) in [7, 11) is 3.09. The van der Waals surface area contributed by atoms with Gasteiger partial charge in [-0.25, -0.2) is 0 Å². The van der Waals surface area contributed by atoms with Gasteiger partial charge in [0.15, 0.2) is 11.5 Å². The number of benzene rings is 2. The highest BCUT2D eigenvalue weighted by Crippen LogP contribution is 2.26. The first-order valence-corrected chi connectivity index (χ1v) is 6.16. The number of carbonyl (C=O) groups excluding carboxylic acids is 1. The van der Waals surface area contributed by atoms with Crippen LogP contribution in [0.1, 0.15) is 15.9 Å². The molecule has 20 heavy (non-hydrogen) atoms. The van der Waals surface area contributed by atoms with E-state index in [-0.39, 0.29) is 0 Å². The molecule has 0 amide bonds. The summed E-state index contributed by atoms with van der Waals surface area (Å²) in [6.45, 7) is 0.640. The third-order valence-corrected chi connectivity index (χ3v) is 2.62. The van der Waals surface area contributed by atoms with Crippen molar-refractivity contribution in [1.82, 2.24) is 0 Å². The van der Waals surface area contributed by atoms with Crippen molar-refractivity contribution in [3.63, 3.8) is 0 Å². The number of nitrogens with two attached hydrogens (primary N) is 1. The van der Waals surface area contributed by atoms with E-state index >= 15 is 0 Å². The predicted octanol–water partition coefficient (Wildman–Crippen LogP) is 2.66. The summed E-state index contributed by atoms with van der Waals surface area (Å²) in [5, 5.41) is 0. The molecule has 0 fully saturated rings. The minimum atomic E-state index is 0.571. The summed E-state index contributed by atoms with van der Waals surface area (Å²) < 4.78 is 9.99. The monoisotopic (exact) mass is 273 g/mol. The molecule has 0 saturated carbocycles. The molecule has 0 spiro atoms. The molecule has 4 nitrogen and oxygen atoms in total. The van der Waals surface area contributed by atoms with Gasteiger partial charge in [0.2, 0.25) is 0 Å². The van der Waals surface area contributed by atoms with E-state index in [0.29, 0.717) is 23.6 Å². The smallest absolute Gasteiger partial charge is 0.161 e. The highest BCUT2D eigenvalue weighted by Gasteiger charge is 2.02. The Balaban J connectivity index is 0.000000217. The van der Waals surface area contributed by atoms with Crippen LogP contribution in [0.2, 0.25) is 0 Å². The summed E-state index contributed by atoms with van der Waals surface area (Å²) in [6.07, 6.45) is 0.766. The maximum Gasteiger partial charge on any atom is 0.161 e. The lowest BCUT2D eigenvalue weighted by atomic mass is 10.2. The Morgan fingerprint density at radius 2 is 1.65 bits per heavy atom. The van der Waals surface area contributed by atoms with Crippen molar-refractivity contribution in [3.05, 3.63) is 59.7 Å². The Bertz CT molecular complexity index is 527. The zero-order chi connectivity index (χ0) is 14.8. The minimum Gasteiger partial charge on any atom is -0.493 e. The van der Waals surface area contributed by atoms with E-state index in [1.54, 1.807) is 25.3 Å². The number of ether oxygens (including phenoxy) is 2.